The summed E-state index contributed by atoms with van der Waals surface area (Å²) in [6.07, 6.45) is 1.94. The van der Waals surface area contributed by atoms with E-state index in [4.69, 9.17) is 10.8 Å². The van der Waals surface area contributed by atoms with E-state index in [1.165, 1.54) is 6.20 Å². The molecule has 1 aliphatic rings. The average Bonchev–Trinajstić information content (AvgIpc) is 3.00. The van der Waals surface area contributed by atoms with Gasteiger partial charge in [-0.05, 0) is 17.7 Å². The van der Waals surface area contributed by atoms with E-state index in [2.05, 4.69) is 9.97 Å². The van der Waals surface area contributed by atoms with Gasteiger partial charge < -0.3 is 21.3 Å². The highest BCUT2D eigenvalue weighted by Gasteiger charge is 2.24. The zero-order valence-corrected chi connectivity index (χ0v) is 11.3. The van der Waals surface area contributed by atoms with Crippen LogP contribution in [-0.2, 0) is 6.42 Å². The van der Waals surface area contributed by atoms with Gasteiger partial charge in [-0.3, -0.25) is 9.20 Å². The van der Waals surface area contributed by atoms with Crippen LogP contribution >= 0.6 is 0 Å². The number of nitrogen functional groups attached to an aromatic ring is 1. The summed E-state index contributed by atoms with van der Waals surface area (Å²) in [5.41, 5.74) is 9.37. The van der Waals surface area contributed by atoms with Crippen molar-refractivity contribution in [2.24, 2.45) is 0 Å². The number of anilines is 1. The van der Waals surface area contributed by atoms with Crippen molar-refractivity contribution in [3.63, 3.8) is 0 Å². The highest BCUT2D eigenvalue weighted by Crippen LogP contribution is 2.35. The van der Waals surface area contributed by atoms with Crippen molar-refractivity contribution in [2.45, 2.75) is 6.42 Å². The molecule has 0 atom stereocenters. The summed E-state index contributed by atoms with van der Waals surface area (Å²) in [4.78, 5) is 29.8. The maximum atomic E-state index is 12.1. The lowest BCUT2D eigenvalue weighted by Crippen LogP contribution is -2.13. The molecule has 0 aliphatic heterocycles. The van der Waals surface area contributed by atoms with Gasteiger partial charge in [-0.15, -0.1) is 0 Å². The van der Waals surface area contributed by atoms with Crippen LogP contribution in [-0.4, -0.2) is 30.9 Å². The number of carbonyl (C=O) groups is 1. The third-order valence-corrected chi connectivity index (χ3v) is 3.70. The summed E-state index contributed by atoms with van der Waals surface area (Å²) in [6, 6.07) is 5.48. The number of H-pyrrole nitrogens is 1. The first-order valence-corrected chi connectivity index (χ1v) is 6.31. The smallest absolute Gasteiger partial charge is 0.356 e. The molecule has 2 aromatic heterocycles. The van der Waals surface area contributed by atoms with Crippen molar-refractivity contribution in [2.75, 3.05) is 5.73 Å². The summed E-state index contributed by atoms with van der Waals surface area (Å²) >= 11 is 0. The zero-order valence-electron chi connectivity index (χ0n) is 11.3. The summed E-state index contributed by atoms with van der Waals surface area (Å²) in [7, 11) is 0. The Bertz CT molecular complexity index is 986. The minimum absolute atomic E-state index is 0. The van der Waals surface area contributed by atoms with Crippen LogP contribution < -0.4 is 11.3 Å². The lowest BCUT2D eigenvalue weighted by atomic mass is 10.1. The molecule has 8 nitrogen and oxygen atoms in total. The van der Waals surface area contributed by atoms with Crippen LogP contribution in [0, 0.1) is 0 Å². The number of imidazole rings is 1. The number of nitrogens with zero attached hydrogens (tertiary/aromatic N) is 2. The molecule has 112 valence electrons. The fourth-order valence-electron chi connectivity index (χ4n) is 2.79. The van der Waals surface area contributed by atoms with Crippen LogP contribution in [0.5, 0.6) is 0 Å². The summed E-state index contributed by atoms with van der Waals surface area (Å²) in [6.45, 7) is 0. The number of aromatic nitrogens is 3. The van der Waals surface area contributed by atoms with Gasteiger partial charge in [-0.25, -0.2) is 9.78 Å². The summed E-state index contributed by atoms with van der Waals surface area (Å²) < 4.78 is 1.55. The molecule has 1 aromatic carbocycles. The van der Waals surface area contributed by atoms with Gasteiger partial charge in [-0.1, -0.05) is 6.07 Å². The largest absolute Gasteiger partial charge is 0.476 e. The van der Waals surface area contributed by atoms with Crippen LogP contribution in [0.1, 0.15) is 21.7 Å². The lowest BCUT2D eigenvalue weighted by molar-refractivity contribution is 0.0691. The molecule has 0 saturated heterocycles. The predicted octanol–water partition coefficient (Wildman–Crippen LogP) is 0.0495. The Morgan fingerprint density at radius 3 is 2.91 bits per heavy atom. The highest BCUT2D eigenvalue weighted by molar-refractivity contribution is 5.86. The Morgan fingerprint density at radius 1 is 1.41 bits per heavy atom. The van der Waals surface area contributed by atoms with Crippen LogP contribution in [0.15, 0.2) is 29.2 Å². The Kier molecular flexibility index (Phi) is 2.79. The van der Waals surface area contributed by atoms with Crippen molar-refractivity contribution >= 4 is 17.3 Å². The van der Waals surface area contributed by atoms with Crippen molar-refractivity contribution in [1.82, 2.24) is 14.4 Å². The monoisotopic (exact) mass is 300 g/mol. The van der Waals surface area contributed by atoms with E-state index in [1.807, 2.05) is 12.1 Å². The van der Waals surface area contributed by atoms with E-state index >= 15 is 0 Å². The topological polar surface area (TPSA) is 145 Å². The zero-order chi connectivity index (χ0) is 14.7. The van der Waals surface area contributed by atoms with Gasteiger partial charge in [0.1, 0.15) is 0 Å². The van der Waals surface area contributed by atoms with E-state index in [-0.39, 0.29) is 16.8 Å². The number of benzene rings is 1. The quantitative estimate of drug-likeness (QED) is 0.425. The SMILES string of the molecule is Nc1ccc2c(c1)Cc1c-2[nH]c(=O)c2nc(C(=O)O)cn12.O. The molecule has 0 spiro atoms. The first-order chi connectivity index (χ1) is 10.0. The van der Waals surface area contributed by atoms with E-state index in [0.29, 0.717) is 17.8 Å². The number of nitrogens with one attached hydrogen (secondary N) is 1. The summed E-state index contributed by atoms with van der Waals surface area (Å²) in [5, 5.41) is 9.03. The van der Waals surface area contributed by atoms with Gasteiger partial charge in [0.2, 0.25) is 5.65 Å². The van der Waals surface area contributed by atoms with Crippen molar-refractivity contribution in [1.29, 1.82) is 0 Å². The third-order valence-electron chi connectivity index (χ3n) is 3.70. The lowest BCUT2D eigenvalue weighted by Gasteiger charge is -2.03. The molecule has 0 radical (unpaired) electrons. The molecule has 2 heterocycles. The third kappa shape index (κ3) is 1.71. The fourth-order valence-corrected chi connectivity index (χ4v) is 2.79. The van der Waals surface area contributed by atoms with Crippen LogP contribution in [0.2, 0.25) is 0 Å². The van der Waals surface area contributed by atoms with E-state index in [9.17, 15) is 9.59 Å². The maximum Gasteiger partial charge on any atom is 0.356 e. The average molecular weight is 300 g/mol. The Morgan fingerprint density at radius 2 is 2.18 bits per heavy atom. The number of hydrogen-bond acceptors (Lipinski definition) is 4. The minimum atomic E-state index is -1.16. The Labute approximate surface area is 123 Å². The maximum absolute atomic E-state index is 12.1. The Balaban J connectivity index is 0.00000144. The molecule has 1 aliphatic carbocycles. The molecule has 0 saturated carbocycles. The molecular weight excluding hydrogens is 288 g/mol. The number of rotatable bonds is 1. The second kappa shape index (κ2) is 4.43. The second-order valence-corrected chi connectivity index (χ2v) is 4.99. The molecule has 6 N–H and O–H groups in total. The van der Waals surface area contributed by atoms with Crippen LogP contribution in [0.4, 0.5) is 5.69 Å². The number of carboxylic acid groups (broad SMARTS) is 1. The highest BCUT2D eigenvalue weighted by atomic mass is 16.4. The van der Waals surface area contributed by atoms with Crippen LogP contribution in [0.3, 0.4) is 0 Å². The number of hydrogen-bond donors (Lipinski definition) is 3. The Hall–Kier alpha value is -3.13. The van der Waals surface area contributed by atoms with Gasteiger partial charge in [-0.2, -0.15) is 0 Å². The van der Waals surface area contributed by atoms with Gasteiger partial charge in [0, 0.05) is 23.9 Å². The van der Waals surface area contributed by atoms with E-state index < -0.39 is 11.5 Å². The molecule has 0 fully saturated rings. The first-order valence-electron chi connectivity index (χ1n) is 6.31. The molecule has 22 heavy (non-hydrogen) atoms. The van der Waals surface area contributed by atoms with Crippen molar-refractivity contribution in [3.05, 3.63) is 51.7 Å². The molecule has 8 heteroatoms. The molecule has 0 amide bonds. The van der Waals surface area contributed by atoms with Crippen molar-refractivity contribution < 1.29 is 15.4 Å². The van der Waals surface area contributed by atoms with Gasteiger partial charge >= 0.3 is 5.97 Å². The number of nitrogens with two attached hydrogens (primary N) is 1. The van der Waals surface area contributed by atoms with Gasteiger partial charge in [0.15, 0.2) is 5.69 Å². The van der Waals surface area contributed by atoms with Crippen LogP contribution in [0.25, 0.3) is 16.9 Å². The molecule has 3 aromatic rings. The molecular formula is C14H12N4O4. The number of fused-ring (bicyclic) bond motifs is 5. The van der Waals surface area contributed by atoms with E-state index in [1.54, 1.807) is 10.5 Å². The normalized spacial score (nSPS) is 11.8. The molecule has 0 bridgehead atoms. The standard InChI is InChI=1S/C14H10N4O3.H2O/c15-7-1-2-8-6(3-7)4-10-11(8)17-13(19)12-16-9(14(20)21)5-18(10)12;/h1-3,5H,4,15H2,(H,17,19)(H,20,21);1H2. The molecule has 0 unspecified atom stereocenters. The van der Waals surface area contributed by atoms with E-state index in [0.717, 1.165) is 16.8 Å². The number of aromatic amines is 1. The number of carboxylic acids is 1. The number of aromatic carboxylic acids is 1. The first kappa shape index (κ1) is 13.8. The summed E-state index contributed by atoms with van der Waals surface area (Å²) in [5.74, 6) is -1.16. The molecule has 4 rings (SSSR count). The minimum Gasteiger partial charge on any atom is -0.476 e. The fraction of sp³-hybridized carbons (Fsp3) is 0.0714. The predicted molar refractivity (Wildman–Crippen MR) is 79.0 cm³/mol. The van der Waals surface area contributed by atoms with Crippen molar-refractivity contribution in [3.8, 4) is 11.3 Å². The second-order valence-electron chi connectivity index (χ2n) is 4.99. The van der Waals surface area contributed by atoms with Gasteiger partial charge in [0.05, 0.1) is 11.4 Å². The van der Waals surface area contributed by atoms with Gasteiger partial charge in [0.25, 0.3) is 5.56 Å².